The van der Waals surface area contributed by atoms with Gasteiger partial charge in [0.05, 0.1) is 7.11 Å². The van der Waals surface area contributed by atoms with Crippen LogP contribution in [0.25, 0.3) is 0 Å². The summed E-state index contributed by atoms with van der Waals surface area (Å²) in [6.45, 7) is 0. The first-order chi connectivity index (χ1) is 10.6. The van der Waals surface area contributed by atoms with Gasteiger partial charge in [-0.05, 0) is 12.1 Å². The van der Waals surface area contributed by atoms with Gasteiger partial charge in [0, 0.05) is 30.0 Å². The molecule has 0 aliphatic rings. The zero-order chi connectivity index (χ0) is 15.9. The molecule has 0 aliphatic carbocycles. The lowest BCUT2D eigenvalue weighted by Crippen LogP contribution is -2.12. The fourth-order valence-electron chi connectivity index (χ4n) is 1.69. The Morgan fingerprint density at radius 3 is 2.68 bits per heavy atom. The predicted octanol–water partition coefficient (Wildman–Crippen LogP) is 1.77. The van der Waals surface area contributed by atoms with Crippen LogP contribution < -0.4 is 21.5 Å². The number of carbonyl (C=O) groups is 1. The highest BCUT2D eigenvalue weighted by atomic mass is 32.2. The van der Waals surface area contributed by atoms with E-state index in [1.54, 1.807) is 19.2 Å². The maximum Gasteiger partial charge on any atom is 0.225 e. The van der Waals surface area contributed by atoms with Crippen LogP contribution in [-0.2, 0) is 4.79 Å². The topological polar surface area (TPSA) is 116 Å². The second kappa shape index (κ2) is 7.51. The second-order valence-corrected chi connectivity index (χ2v) is 5.44. The van der Waals surface area contributed by atoms with E-state index in [-0.39, 0.29) is 5.91 Å². The number of hydrogen-bond donors (Lipinski definition) is 3. The molecule has 8 heteroatoms. The van der Waals surface area contributed by atoms with Crippen molar-refractivity contribution < 1.29 is 9.53 Å². The third-order valence-electron chi connectivity index (χ3n) is 2.66. The van der Waals surface area contributed by atoms with E-state index in [0.29, 0.717) is 40.4 Å². The zero-order valence-electron chi connectivity index (χ0n) is 12.1. The molecule has 22 heavy (non-hydrogen) atoms. The van der Waals surface area contributed by atoms with Gasteiger partial charge in [-0.1, -0.05) is 17.8 Å². The lowest BCUT2D eigenvalue weighted by atomic mass is 10.3. The van der Waals surface area contributed by atoms with Crippen molar-refractivity contribution in [3.63, 3.8) is 0 Å². The molecule has 1 amide bonds. The maximum atomic E-state index is 11.9. The van der Waals surface area contributed by atoms with Crippen molar-refractivity contribution in [2.75, 3.05) is 29.6 Å². The van der Waals surface area contributed by atoms with Gasteiger partial charge in [-0.15, -0.1) is 0 Å². The van der Waals surface area contributed by atoms with Crippen LogP contribution in [-0.4, -0.2) is 28.7 Å². The van der Waals surface area contributed by atoms with Crippen molar-refractivity contribution >= 4 is 35.0 Å². The Hall–Kier alpha value is -2.48. The second-order valence-electron chi connectivity index (χ2n) is 4.38. The molecule has 0 saturated heterocycles. The summed E-state index contributed by atoms with van der Waals surface area (Å²) in [5.41, 5.74) is 11.9. The molecule has 0 fully saturated rings. The summed E-state index contributed by atoms with van der Waals surface area (Å²) in [6, 6.07) is 8.67. The molecule has 0 radical (unpaired) electrons. The van der Waals surface area contributed by atoms with Crippen molar-refractivity contribution in [2.24, 2.45) is 0 Å². The maximum absolute atomic E-state index is 11.9. The van der Waals surface area contributed by atoms with Crippen molar-refractivity contribution in [1.29, 1.82) is 0 Å². The van der Waals surface area contributed by atoms with Crippen LogP contribution in [0.5, 0.6) is 5.75 Å². The van der Waals surface area contributed by atoms with Gasteiger partial charge in [0.1, 0.15) is 17.4 Å². The molecule has 1 heterocycles. The van der Waals surface area contributed by atoms with Gasteiger partial charge in [-0.2, -0.15) is 0 Å². The molecule has 1 aromatic carbocycles. The van der Waals surface area contributed by atoms with Crippen LogP contribution in [0.4, 0.5) is 17.3 Å². The number of ether oxygens (including phenoxy) is 1. The smallest absolute Gasteiger partial charge is 0.225 e. The first-order valence-corrected chi connectivity index (χ1v) is 7.52. The van der Waals surface area contributed by atoms with E-state index in [4.69, 9.17) is 16.2 Å². The number of nitrogens with one attached hydrogen (secondary N) is 1. The number of amides is 1. The molecule has 0 atom stereocenters. The number of rotatable bonds is 6. The molecule has 116 valence electrons. The van der Waals surface area contributed by atoms with Crippen LogP contribution in [0.15, 0.2) is 35.5 Å². The van der Waals surface area contributed by atoms with Gasteiger partial charge >= 0.3 is 0 Å². The van der Waals surface area contributed by atoms with Crippen LogP contribution in [0.3, 0.4) is 0 Å². The zero-order valence-corrected chi connectivity index (χ0v) is 12.9. The summed E-state index contributed by atoms with van der Waals surface area (Å²) >= 11 is 1.33. The highest BCUT2D eigenvalue weighted by Crippen LogP contribution is 2.19. The largest absolute Gasteiger partial charge is 0.497 e. The van der Waals surface area contributed by atoms with E-state index in [0.717, 1.165) is 0 Å². The molecule has 2 rings (SSSR count). The SMILES string of the molecule is COc1cccc(NC(=O)CCSc2nc(N)cc(N)n2)c1. The minimum Gasteiger partial charge on any atom is -0.497 e. The number of nitrogens with two attached hydrogens (primary N) is 2. The molecule has 0 spiro atoms. The first-order valence-electron chi connectivity index (χ1n) is 6.53. The van der Waals surface area contributed by atoms with Crippen LogP contribution >= 0.6 is 11.8 Å². The number of benzene rings is 1. The number of nitrogen functional groups attached to an aromatic ring is 2. The molecule has 2 aromatic rings. The summed E-state index contributed by atoms with van der Waals surface area (Å²) in [5, 5.41) is 3.27. The molecule has 0 bridgehead atoms. The molecule has 0 aliphatic heterocycles. The Labute approximate surface area is 132 Å². The standard InChI is InChI=1S/C14H17N5O2S/c1-21-10-4-2-3-9(7-10)17-13(20)5-6-22-14-18-11(15)8-12(16)19-14/h2-4,7-8H,5-6H2,1H3,(H,17,20)(H4,15,16,18,19). The summed E-state index contributed by atoms with van der Waals surface area (Å²) in [6.07, 6.45) is 0.319. The van der Waals surface area contributed by atoms with E-state index in [9.17, 15) is 4.79 Å². The minimum atomic E-state index is -0.0994. The lowest BCUT2D eigenvalue weighted by Gasteiger charge is -2.07. The van der Waals surface area contributed by atoms with E-state index in [2.05, 4.69) is 15.3 Å². The Morgan fingerprint density at radius 2 is 2.00 bits per heavy atom. The number of methoxy groups -OCH3 is 1. The fraction of sp³-hybridized carbons (Fsp3) is 0.214. The summed E-state index contributed by atoms with van der Waals surface area (Å²) in [5.74, 6) is 1.75. The third kappa shape index (κ3) is 4.81. The quantitative estimate of drug-likeness (QED) is 0.549. The van der Waals surface area contributed by atoms with Gasteiger partial charge in [-0.3, -0.25) is 4.79 Å². The van der Waals surface area contributed by atoms with Crippen LogP contribution in [0.2, 0.25) is 0 Å². The summed E-state index contributed by atoms with van der Waals surface area (Å²) < 4.78 is 5.10. The average molecular weight is 319 g/mol. The highest BCUT2D eigenvalue weighted by Gasteiger charge is 2.06. The normalized spacial score (nSPS) is 10.2. The van der Waals surface area contributed by atoms with E-state index in [1.807, 2.05) is 12.1 Å². The lowest BCUT2D eigenvalue weighted by molar-refractivity contribution is -0.115. The van der Waals surface area contributed by atoms with Gasteiger partial charge in [-0.25, -0.2) is 9.97 Å². The van der Waals surface area contributed by atoms with E-state index < -0.39 is 0 Å². The average Bonchev–Trinajstić information content (AvgIpc) is 2.46. The summed E-state index contributed by atoms with van der Waals surface area (Å²) in [7, 11) is 1.58. The van der Waals surface area contributed by atoms with Gasteiger partial charge < -0.3 is 21.5 Å². The number of hydrogen-bond acceptors (Lipinski definition) is 7. The van der Waals surface area contributed by atoms with E-state index in [1.165, 1.54) is 17.8 Å². The van der Waals surface area contributed by atoms with Crippen molar-refractivity contribution in [3.8, 4) is 5.75 Å². The number of aromatic nitrogens is 2. The number of thioether (sulfide) groups is 1. The Morgan fingerprint density at radius 1 is 1.27 bits per heavy atom. The molecular weight excluding hydrogens is 302 g/mol. The monoisotopic (exact) mass is 319 g/mol. The van der Waals surface area contributed by atoms with Crippen molar-refractivity contribution in [1.82, 2.24) is 9.97 Å². The minimum absolute atomic E-state index is 0.0994. The number of anilines is 3. The Bertz CT molecular complexity index is 645. The molecule has 5 N–H and O–H groups in total. The third-order valence-corrected chi connectivity index (χ3v) is 3.51. The van der Waals surface area contributed by atoms with Gasteiger partial charge in [0.25, 0.3) is 0 Å². The number of carbonyl (C=O) groups excluding carboxylic acids is 1. The highest BCUT2D eigenvalue weighted by molar-refractivity contribution is 7.99. The Balaban J connectivity index is 1.82. The van der Waals surface area contributed by atoms with E-state index >= 15 is 0 Å². The molecule has 0 saturated carbocycles. The first kappa shape index (κ1) is 15.9. The molecule has 1 aromatic heterocycles. The number of nitrogens with zero attached hydrogens (tertiary/aromatic N) is 2. The van der Waals surface area contributed by atoms with Crippen LogP contribution in [0.1, 0.15) is 6.42 Å². The van der Waals surface area contributed by atoms with Crippen LogP contribution in [0, 0.1) is 0 Å². The fourth-order valence-corrected chi connectivity index (χ4v) is 2.50. The van der Waals surface area contributed by atoms with Gasteiger partial charge in [0.2, 0.25) is 5.91 Å². The molecular formula is C14H17N5O2S. The van der Waals surface area contributed by atoms with Crippen molar-refractivity contribution in [3.05, 3.63) is 30.3 Å². The predicted molar refractivity (Wildman–Crippen MR) is 87.8 cm³/mol. The van der Waals surface area contributed by atoms with Gasteiger partial charge in [0.15, 0.2) is 5.16 Å². The molecule has 7 nitrogen and oxygen atoms in total. The van der Waals surface area contributed by atoms with Crippen molar-refractivity contribution in [2.45, 2.75) is 11.6 Å². The Kier molecular flexibility index (Phi) is 5.42. The molecule has 0 unspecified atom stereocenters. The summed E-state index contributed by atoms with van der Waals surface area (Å²) in [4.78, 5) is 20.0.